The van der Waals surface area contributed by atoms with E-state index >= 15 is 0 Å². The molecule has 9 heteroatoms. The molecule has 0 saturated carbocycles. The Bertz CT molecular complexity index is 1320. The topological polar surface area (TPSA) is 69.7 Å². The first kappa shape index (κ1) is 24.2. The van der Waals surface area contributed by atoms with E-state index in [4.69, 9.17) is 11.6 Å². The average molecular weight is 502 g/mol. The van der Waals surface area contributed by atoms with Crippen LogP contribution in [0.1, 0.15) is 21.5 Å². The maximum absolute atomic E-state index is 14.5. The molecule has 1 amide bonds. The van der Waals surface area contributed by atoms with Gasteiger partial charge in [-0.1, -0.05) is 23.7 Å². The van der Waals surface area contributed by atoms with Crippen LogP contribution in [0.3, 0.4) is 0 Å². The average Bonchev–Trinajstić information content (AvgIpc) is 2.78. The summed E-state index contributed by atoms with van der Waals surface area (Å²) in [6, 6.07) is 16.2. The first-order valence-corrected chi connectivity index (χ1v) is 12.7. The molecule has 3 aromatic rings. The lowest BCUT2D eigenvalue weighted by molar-refractivity contribution is 0.102. The molecule has 3 aromatic carbocycles. The Labute approximate surface area is 204 Å². The highest BCUT2D eigenvalue weighted by Gasteiger charge is 2.30. The summed E-state index contributed by atoms with van der Waals surface area (Å²) in [7, 11) is -3.90. The zero-order valence-electron chi connectivity index (χ0n) is 18.9. The third kappa shape index (κ3) is 5.24. The lowest BCUT2D eigenvalue weighted by atomic mass is 10.1. The molecule has 1 N–H and O–H groups in total. The van der Waals surface area contributed by atoms with Gasteiger partial charge in [-0.25, -0.2) is 12.8 Å². The number of nitrogens with zero attached hydrogens (tertiary/aromatic N) is 2. The number of amides is 1. The van der Waals surface area contributed by atoms with Gasteiger partial charge in [0.1, 0.15) is 5.82 Å². The summed E-state index contributed by atoms with van der Waals surface area (Å²) in [5.74, 6) is -1.49. The van der Waals surface area contributed by atoms with Crippen LogP contribution in [-0.2, 0) is 10.0 Å². The van der Waals surface area contributed by atoms with Crippen LogP contribution in [0.2, 0.25) is 5.02 Å². The Morgan fingerprint density at radius 1 is 0.941 bits per heavy atom. The predicted molar refractivity (Wildman–Crippen MR) is 133 cm³/mol. The first-order valence-electron chi connectivity index (χ1n) is 10.8. The van der Waals surface area contributed by atoms with Crippen molar-refractivity contribution in [2.75, 3.05) is 36.4 Å². The van der Waals surface area contributed by atoms with Gasteiger partial charge in [0.25, 0.3) is 5.91 Å². The van der Waals surface area contributed by atoms with Gasteiger partial charge < -0.3 is 10.2 Å². The third-order valence-corrected chi connectivity index (χ3v) is 7.84. The molecule has 1 heterocycles. The number of sulfonamides is 1. The summed E-state index contributed by atoms with van der Waals surface area (Å²) < 4.78 is 42.4. The smallest absolute Gasteiger partial charge is 0.258 e. The van der Waals surface area contributed by atoms with Crippen molar-refractivity contribution in [3.63, 3.8) is 0 Å². The number of anilines is 2. The molecule has 0 aromatic heterocycles. The van der Waals surface area contributed by atoms with Crippen molar-refractivity contribution in [1.29, 1.82) is 0 Å². The van der Waals surface area contributed by atoms with Crippen LogP contribution in [0.15, 0.2) is 65.6 Å². The SMILES string of the molecule is Cc1cc(C)cc(NC(=O)c2cc(S(=O)(=O)N3CCN(c4cccc(Cl)c4)CC3)ccc2F)c1. The van der Waals surface area contributed by atoms with Crippen LogP contribution < -0.4 is 10.2 Å². The lowest BCUT2D eigenvalue weighted by Gasteiger charge is -2.35. The standard InChI is InChI=1S/C25H25ClFN3O3S/c1-17-12-18(2)14-20(13-17)28-25(31)23-16-22(6-7-24(23)27)34(32,33)30-10-8-29(9-11-30)21-5-3-4-19(26)15-21/h3-7,12-16H,8-11H2,1-2H3,(H,28,31). The number of aryl methyl sites for hydroxylation is 2. The normalized spacial score (nSPS) is 14.8. The van der Waals surface area contributed by atoms with Gasteiger partial charge in [-0.2, -0.15) is 4.31 Å². The minimum atomic E-state index is -3.90. The lowest BCUT2D eigenvalue weighted by Crippen LogP contribution is -2.48. The van der Waals surface area contributed by atoms with E-state index in [1.807, 2.05) is 38.1 Å². The zero-order valence-corrected chi connectivity index (χ0v) is 20.5. The summed E-state index contributed by atoms with van der Waals surface area (Å²) in [6.45, 7) is 5.28. The van der Waals surface area contributed by atoms with Crippen molar-refractivity contribution >= 4 is 38.9 Å². The molecular weight excluding hydrogens is 477 g/mol. The molecule has 6 nitrogen and oxygen atoms in total. The molecule has 178 valence electrons. The molecule has 1 fully saturated rings. The monoisotopic (exact) mass is 501 g/mol. The van der Waals surface area contributed by atoms with E-state index in [0.717, 1.165) is 28.9 Å². The number of hydrogen-bond acceptors (Lipinski definition) is 4. The minimum Gasteiger partial charge on any atom is -0.369 e. The van der Waals surface area contributed by atoms with Gasteiger partial charge in [0, 0.05) is 42.6 Å². The molecule has 1 aliphatic rings. The number of carbonyl (C=O) groups excluding carboxylic acids is 1. The van der Waals surface area contributed by atoms with Crippen molar-refractivity contribution < 1.29 is 17.6 Å². The van der Waals surface area contributed by atoms with Crippen molar-refractivity contribution in [2.45, 2.75) is 18.7 Å². The number of carbonyl (C=O) groups is 1. The second kappa shape index (κ2) is 9.74. The Kier molecular flexibility index (Phi) is 6.93. The van der Waals surface area contributed by atoms with Crippen LogP contribution in [0.5, 0.6) is 0 Å². The Morgan fingerprint density at radius 2 is 1.62 bits per heavy atom. The molecule has 0 aliphatic carbocycles. The van der Waals surface area contributed by atoms with Gasteiger partial charge in [0.05, 0.1) is 10.5 Å². The fraction of sp³-hybridized carbons (Fsp3) is 0.240. The second-order valence-corrected chi connectivity index (χ2v) is 10.7. The molecule has 1 aliphatic heterocycles. The Morgan fingerprint density at radius 3 is 2.26 bits per heavy atom. The summed E-state index contributed by atoms with van der Waals surface area (Å²) in [6.07, 6.45) is 0. The fourth-order valence-electron chi connectivity index (χ4n) is 4.09. The Balaban J connectivity index is 1.51. The molecule has 34 heavy (non-hydrogen) atoms. The van der Waals surface area contributed by atoms with Crippen molar-refractivity contribution in [3.05, 3.63) is 88.2 Å². The van der Waals surface area contributed by atoms with Gasteiger partial charge >= 0.3 is 0 Å². The van der Waals surface area contributed by atoms with Gasteiger partial charge in [-0.05, 0) is 73.5 Å². The fourth-order valence-corrected chi connectivity index (χ4v) is 5.73. The molecule has 4 rings (SSSR count). The molecule has 1 saturated heterocycles. The van der Waals surface area contributed by atoms with Crippen LogP contribution in [0.4, 0.5) is 15.8 Å². The van der Waals surface area contributed by atoms with Crippen molar-refractivity contribution in [2.24, 2.45) is 0 Å². The van der Waals surface area contributed by atoms with E-state index in [0.29, 0.717) is 23.8 Å². The van der Waals surface area contributed by atoms with Crippen LogP contribution >= 0.6 is 11.6 Å². The number of benzene rings is 3. The highest BCUT2D eigenvalue weighted by atomic mass is 35.5. The summed E-state index contributed by atoms with van der Waals surface area (Å²) in [5, 5.41) is 3.28. The maximum Gasteiger partial charge on any atom is 0.258 e. The van der Waals surface area contributed by atoms with Gasteiger partial charge in [-0.15, -0.1) is 0 Å². The largest absolute Gasteiger partial charge is 0.369 e. The van der Waals surface area contributed by atoms with Crippen LogP contribution in [0, 0.1) is 19.7 Å². The van der Waals surface area contributed by atoms with E-state index in [1.54, 1.807) is 18.2 Å². The molecule has 0 radical (unpaired) electrons. The quantitative estimate of drug-likeness (QED) is 0.542. The minimum absolute atomic E-state index is 0.115. The number of piperazine rings is 1. The van der Waals surface area contributed by atoms with Gasteiger partial charge in [0.15, 0.2) is 0 Å². The number of hydrogen-bond donors (Lipinski definition) is 1. The summed E-state index contributed by atoms with van der Waals surface area (Å²) in [4.78, 5) is 14.7. The van der Waals surface area contributed by atoms with E-state index in [2.05, 4.69) is 10.2 Å². The molecule has 0 spiro atoms. The molecule has 0 atom stereocenters. The van der Waals surface area contributed by atoms with E-state index in [-0.39, 0.29) is 23.5 Å². The number of halogens is 2. The third-order valence-electron chi connectivity index (χ3n) is 5.71. The Hall–Kier alpha value is -2.94. The van der Waals surface area contributed by atoms with Crippen molar-refractivity contribution in [3.8, 4) is 0 Å². The first-order chi connectivity index (χ1) is 16.1. The highest BCUT2D eigenvalue weighted by molar-refractivity contribution is 7.89. The van der Waals surface area contributed by atoms with Gasteiger partial charge in [0.2, 0.25) is 10.0 Å². The summed E-state index contributed by atoms with van der Waals surface area (Å²) >= 11 is 6.07. The van der Waals surface area contributed by atoms with Gasteiger partial charge in [-0.3, -0.25) is 4.79 Å². The highest BCUT2D eigenvalue weighted by Crippen LogP contribution is 2.25. The number of rotatable bonds is 5. The second-order valence-electron chi connectivity index (χ2n) is 8.34. The number of nitrogens with one attached hydrogen (secondary N) is 1. The van der Waals surface area contributed by atoms with E-state index in [9.17, 15) is 17.6 Å². The van der Waals surface area contributed by atoms with E-state index in [1.165, 1.54) is 10.4 Å². The molecular formula is C25H25ClFN3O3S. The van der Waals surface area contributed by atoms with Crippen molar-refractivity contribution in [1.82, 2.24) is 4.31 Å². The summed E-state index contributed by atoms with van der Waals surface area (Å²) in [5.41, 5.74) is 3.02. The van der Waals surface area contributed by atoms with E-state index < -0.39 is 21.7 Å². The molecule has 0 bridgehead atoms. The van der Waals surface area contributed by atoms with Crippen LogP contribution in [-0.4, -0.2) is 44.8 Å². The zero-order chi connectivity index (χ0) is 24.5. The van der Waals surface area contributed by atoms with Crippen LogP contribution in [0.25, 0.3) is 0 Å². The predicted octanol–water partition coefficient (Wildman–Crippen LogP) is 4.86. The maximum atomic E-state index is 14.5. The molecule has 0 unspecified atom stereocenters.